The molecule has 0 aromatic heterocycles. The molecule has 0 aliphatic carbocycles. The van der Waals surface area contributed by atoms with Gasteiger partial charge in [0.05, 0.1) is 12.6 Å². The lowest BCUT2D eigenvalue weighted by Gasteiger charge is -2.24. The summed E-state index contributed by atoms with van der Waals surface area (Å²) >= 11 is 2.04. The zero-order chi connectivity index (χ0) is 17.4. The lowest BCUT2D eigenvalue weighted by Crippen LogP contribution is -2.40. The van der Waals surface area contributed by atoms with Crippen LogP contribution in [0.5, 0.6) is 0 Å². The average Bonchev–Trinajstić information content (AvgIpc) is 3.06. The molecule has 1 aliphatic rings. The van der Waals surface area contributed by atoms with Crippen LogP contribution in [0.4, 0.5) is 4.39 Å². The molecule has 2 atom stereocenters. The number of rotatable bonds is 7. The number of hydrogen-bond donors (Lipinski definition) is 2. The summed E-state index contributed by atoms with van der Waals surface area (Å²) in [5, 5.41) is 7.43. The minimum atomic E-state index is -0.202. The number of thioether (sulfide) groups is 1. The quantitative estimate of drug-likeness (QED) is 0.585. The highest BCUT2D eigenvalue weighted by Gasteiger charge is 2.17. The Morgan fingerprint density at radius 2 is 2.25 bits per heavy atom. The van der Waals surface area contributed by atoms with Crippen molar-refractivity contribution in [2.75, 3.05) is 39.5 Å². The summed E-state index contributed by atoms with van der Waals surface area (Å²) in [6, 6.07) is 6.84. The fourth-order valence-electron chi connectivity index (χ4n) is 2.82. The first-order valence-corrected chi connectivity index (χ1v) is 9.70. The van der Waals surface area contributed by atoms with Crippen LogP contribution in [0.2, 0.25) is 0 Å². The molecular weight excluding hydrogens is 323 g/mol. The molecule has 2 N–H and O–H groups in total. The van der Waals surface area contributed by atoms with E-state index in [1.54, 1.807) is 12.1 Å². The summed E-state index contributed by atoms with van der Waals surface area (Å²) < 4.78 is 13.5. The van der Waals surface area contributed by atoms with Gasteiger partial charge in [0.1, 0.15) is 5.82 Å². The Labute approximate surface area is 149 Å². The van der Waals surface area contributed by atoms with Crippen molar-refractivity contribution < 1.29 is 4.39 Å². The van der Waals surface area contributed by atoms with E-state index in [0.717, 1.165) is 24.6 Å². The summed E-state index contributed by atoms with van der Waals surface area (Å²) in [6.45, 7) is 4.43. The molecule has 2 unspecified atom stereocenters. The van der Waals surface area contributed by atoms with E-state index in [2.05, 4.69) is 22.5 Å². The number of nitrogens with zero attached hydrogens (tertiary/aromatic N) is 2. The molecule has 6 heteroatoms. The van der Waals surface area contributed by atoms with Crippen molar-refractivity contribution in [1.29, 1.82) is 0 Å². The SMILES string of the molecule is CCNC(=NCC(c1cccc(F)c1)N(C)C)NCC1CCCS1. The number of nitrogens with one attached hydrogen (secondary N) is 2. The Balaban J connectivity index is 2.00. The van der Waals surface area contributed by atoms with Gasteiger partial charge in [-0.1, -0.05) is 12.1 Å². The first kappa shape index (κ1) is 19.1. The molecule has 2 rings (SSSR count). The van der Waals surface area contributed by atoms with E-state index in [9.17, 15) is 4.39 Å². The lowest BCUT2D eigenvalue weighted by atomic mass is 10.1. The summed E-state index contributed by atoms with van der Waals surface area (Å²) in [7, 11) is 4.00. The second kappa shape index (κ2) is 9.89. The maximum Gasteiger partial charge on any atom is 0.191 e. The minimum absolute atomic E-state index is 0.0528. The van der Waals surface area contributed by atoms with Crippen molar-refractivity contribution in [2.45, 2.75) is 31.1 Å². The fourth-order valence-corrected chi connectivity index (χ4v) is 4.02. The van der Waals surface area contributed by atoms with Crippen molar-refractivity contribution in [3.05, 3.63) is 35.6 Å². The van der Waals surface area contributed by atoms with E-state index in [4.69, 9.17) is 4.99 Å². The van der Waals surface area contributed by atoms with Gasteiger partial charge in [-0.3, -0.25) is 4.99 Å². The predicted molar refractivity (Wildman–Crippen MR) is 102 cm³/mol. The third-order valence-corrected chi connectivity index (χ3v) is 5.54. The Bertz CT molecular complexity index is 530. The van der Waals surface area contributed by atoms with E-state index in [1.165, 1.54) is 24.7 Å². The van der Waals surface area contributed by atoms with Gasteiger partial charge in [-0.25, -0.2) is 4.39 Å². The van der Waals surface area contributed by atoms with Crippen molar-refractivity contribution in [1.82, 2.24) is 15.5 Å². The molecule has 134 valence electrons. The van der Waals surface area contributed by atoms with Gasteiger partial charge in [0.15, 0.2) is 5.96 Å². The van der Waals surface area contributed by atoms with Crippen molar-refractivity contribution >= 4 is 17.7 Å². The van der Waals surface area contributed by atoms with Gasteiger partial charge in [-0.05, 0) is 57.3 Å². The van der Waals surface area contributed by atoms with E-state index >= 15 is 0 Å². The maximum atomic E-state index is 13.5. The van der Waals surface area contributed by atoms with Crippen LogP contribution >= 0.6 is 11.8 Å². The first-order chi connectivity index (χ1) is 11.6. The predicted octanol–water partition coefficient (Wildman–Crippen LogP) is 2.88. The molecule has 0 radical (unpaired) electrons. The number of halogens is 1. The monoisotopic (exact) mass is 352 g/mol. The number of benzene rings is 1. The number of hydrogen-bond acceptors (Lipinski definition) is 3. The fraction of sp³-hybridized carbons (Fsp3) is 0.611. The smallest absolute Gasteiger partial charge is 0.191 e. The van der Waals surface area contributed by atoms with Crippen LogP contribution in [-0.2, 0) is 0 Å². The normalized spacial score (nSPS) is 19.5. The second-order valence-corrected chi connectivity index (χ2v) is 7.68. The van der Waals surface area contributed by atoms with Crippen molar-refractivity contribution in [3.8, 4) is 0 Å². The summed E-state index contributed by atoms with van der Waals surface area (Å²) in [5.41, 5.74) is 0.950. The third-order valence-electron chi connectivity index (χ3n) is 4.14. The highest BCUT2D eigenvalue weighted by Crippen LogP contribution is 2.25. The lowest BCUT2D eigenvalue weighted by molar-refractivity contribution is 0.305. The van der Waals surface area contributed by atoms with E-state index in [0.29, 0.717) is 11.8 Å². The summed E-state index contributed by atoms with van der Waals surface area (Å²) in [5.74, 6) is 1.90. The van der Waals surface area contributed by atoms with E-state index < -0.39 is 0 Å². The largest absolute Gasteiger partial charge is 0.357 e. The minimum Gasteiger partial charge on any atom is -0.357 e. The number of likely N-dealkylation sites (N-methyl/N-ethyl adjacent to an activating group) is 1. The summed E-state index contributed by atoms with van der Waals surface area (Å²) in [6.07, 6.45) is 2.59. The molecule has 4 nitrogen and oxygen atoms in total. The molecule has 1 heterocycles. The number of guanidine groups is 1. The van der Waals surface area contributed by atoms with Crippen LogP contribution in [0.3, 0.4) is 0 Å². The topological polar surface area (TPSA) is 39.7 Å². The zero-order valence-electron chi connectivity index (χ0n) is 14.9. The molecule has 1 fully saturated rings. The van der Waals surface area contributed by atoms with E-state index in [1.807, 2.05) is 31.9 Å². The van der Waals surface area contributed by atoms with Gasteiger partial charge < -0.3 is 15.5 Å². The van der Waals surface area contributed by atoms with Crippen LogP contribution in [0, 0.1) is 5.82 Å². The Morgan fingerprint density at radius 1 is 1.42 bits per heavy atom. The molecule has 0 saturated carbocycles. The molecule has 1 saturated heterocycles. The molecule has 1 aromatic carbocycles. The van der Waals surface area contributed by atoms with E-state index in [-0.39, 0.29) is 11.9 Å². The molecule has 0 spiro atoms. The second-order valence-electron chi connectivity index (χ2n) is 6.27. The molecule has 0 bridgehead atoms. The highest BCUT2D eigenvalue weighted by atomic mass is 32.2. The molecule has 0 amide bonds. The van der Waals surface area contributed by atoms with Crippen LogP contribution in [-0.4, -0.2) is 55.6 Å². The van der Waals surface area contributed by atoms with Gasteiger partial charge in [-0.15, -0.1) is 0 Å². The van der Waals surface area contributed by atoms with Gasteiger partial charge in [0, 0.05) is 18.3 Å². The molecular formula is C18H29FN4S. The van der Waals surface area contributed by atoms with Crippen LogP contribution < -0.4 is 10.6 Å². The Kier molecular flexibility index (Phi) is 7.85. The number of aliphatic imine (C=N–C) groups is 1. The van der Waals surface area contributed by atoms with Gasteiger partial charge in [-0.2, -0.15) is 11.8 Å². The average molecular weight is 353 g/mol. The Morgan fingerprint density at radius 3 is 2.88 bits per heavy atom. The standard InChI is InChI=1S/C18H29FN4S/c1-4-20-18(21-12-16-9-6-10-24-16)22-13-17(23(2)3)14-7-5-8-15(19)11-14/h5,7-8,11,16-17H,4,6,9-10,12-13H2,1-3H3,(H2,20,21,22). The first-order valence-electron chi connectivity index (χ1n) is 8.65. The van der Waals surface area contributed by atoms with Crippen LogP contribution in [0.1, 0.15) is 31.4 Å². The molecule has 1 aliphatic heterocycles. The molecule has 24 heavy (non-hydrogen) atoms. The van der Waals surface area contributed by atoms with Crippen LogP contribution in [0.25, 0.3) is 0 Å². The van der Waals surface area contributed by atoms with Gasteiger partial charge >= 0.3 is 0 Å². The maximum absolute atomic E-state index is 13.5. The zero-order valence-corrected chi connectivity index (χ0v) is 15.7. The Hall–Kier alpha value is -1.27. The third kappa shape index (κ3) is 5.98. The van der Waals surface area contributed by atoms with Gasteiger partial charge in [0.25, 0.3) is 0 Å². The highest BCUT2D eigenvalue weighted by molar-refractivity contribution is 8.00. The van der Waals surface area contributed by atoms with Crippen LogP contribution in [0.15, 0.2) is 29.3 Å². The van der Waals surface area contributed by atoms with Crippen molar-refractivity contribution in [2.24, 2.45) is 4.99 Å². The van der Waals surface area contributed by atoms with Gasteiger partial charge in [0.2, 0.25) is 0 Å². The van der Waals surface area contributed by atoms with Crippen molar-refractivity contribution in [3.63, 3.8) is 0 Å². The summed E-state index contributed by atoms with van der Waals surface area (Å²) in [4.78, 5) is 6.80. The molecule has 1 aromatic rings.